The Morgan fingerprint density at radius 3 is 2.59 bits per heavy atom. The molecular weight excluding hydrogens is 234 g/mol. The molecule has 2 atom stereocenters. The third-order valence-electron chi connectivity index (χ3n) is 4.75. The number of alkyl halides is 1. The zero-order valence-corrected chi connectivity index (χ0v) is 11.6. The zero-order valence-electron chi connectivity index (χ0n) is 10.8. The quantitative estimate of drug-likeness (QED) is 0.768. The standard InChI is InChI=1S/C14H24ClNO/c1-2-14(7-3-4-8-14)13(17)16-10-11-5-6-12(15)9-11/h11-12H,2-10H2,1H3,(H,16,17). The summed E-state index contributed by atoms with van der Waals surface area (Å²) in [7, 11) is 0. The van der Waals surface area contributed by atoms with Crippen LogP contribution in [0.5, 0.6) is 0 Å². The number of halogens is 1. The molecule has 2 nitrogen and oxygen atoms in total. The highest BCUT2D eigenvalue weighted by Gasteiger charge is 2.39. The first kappa shape index (κ1) is 13.2. The summed E-state index contributed by atoms with van der Waals surface area (Å²) in [6.07, 6.45) is 8.94. The second-order valence-corrected chi connectivity index (χ2v) is 6.44. The Morgan fingerprint density at radius 2 is 2.06 bits per heavy atom. The number of carbonyl (C=O) groups excluding carboxylic acids is 1. The fourth-order valence-corrected chi connectivity index (χ4v) is 3.79. The molecule has 0 radical (unpaired) electrons. The van der Waals surface area contributed by atoms with Gasteiger partial charge in [-0.05, 0) is 44.4 Å². The largest absolute Gasteiger partial charge is 0.355 e. The second kappa shape index (κ2) is 5.60. The summed E-state index contributed by atoms with van der Waals surface area (Å²) in [6.45, 7) is 2.99. The Balaban J connectivity index is 1.80. The highest BCUT2D eigenvalue weighted by atomic mass is 35.5. The number of carbonyl (C=O) groups is 1. The van der Waals surface area contributed by atoms with Crippen molar-refractivity contribution < 1.29 is 4.79 Å². The van der Waals surface area contributed by atoms with Gasteiger partial charge in [-0.3, -0.25) is 4.79 Å². The number of hydrogen-bond acceptors (Lipinski definition) is 1. The normalized spacial score (nSPS) is 31.6. The molecule has 0 aromatic heterocycles. The van der Waals surface area contributed by atoms with Crippen molar-refractivity contribution in [3.63, 3.8) is 0 Å². The van der Waals surface area contributed by atoms with Crippen molar-refractivity contribution in [2.75, 3.05) is 6.54 Å². The summed E-state index contributed by atoms with van der Waals surface area (Å²) in [5, 5.41) is 3.52. The van der Waals surface area contributed by atoms with E-state index in [9.17, 15) is 4.79 Å². The van der Waals surface area contributed by atoms with Crippen LogP contribution >= 0.6 is 11.6 Å². The van der Waals surface area contributed by atoms with Crippen LogP contribution in [0.15, 0.2) is 0 Å². The second-order valence-electron chi connectivity index (χ2n) is 5.83. The lowest BCUT2D eigenvalue weighted by Crippen LogP contribution is -2.40. The van der Waals surface area contributed by atoms with Crippen LogP contribution in [0, 0.1) is 11.3 Å². The van der Waals surface area contributed by atoms with Gasteiger partial charge in [-0.15, -0.1) is 11.6 Å². The zero-order chi connectivity index (χ0) is 12.3. The van der Waals surface area contributed by atoms with E-state index in [1.165, 1.54) is 19.3 Å². The van der Waals surface area contributed by atoms with Crippen molar-refractivity contribution in [1.82, 2.24) is 5.32 Å². The van der Waals surface area contributed by atoms with Gasteiger partial charge in [0.25, 0.3) is 0 Å². The molecule has 1 amide bonds. The Morgan fingerprint density at radius 1 is 1.35 bits per heavy atom. The molecule has 2 aliphatic carbocycles. The summed E-state index contributed by atoms with van der Waals surface area (Å²) in [4.78, 5) is 12.3. The Hall–Kier alpha value is -0.240. The third-order valence-corrected chi connectivity index (χ3v) is 5.14. The molecule has 0 spiro atoms. The lowest BCUT2D eigenvalue weighted by atomic mass is 9.82. The fourth-order valence-electron chi connectivity index (χ4n) is 3.42. The van der Waals surface area contributed by atoms with Gasteiger partial charge in [0.05, 0.1) is 0 Å². The minimum atomic E-state index is -0.0427. The predicted molar refractivity (Wildman–Crippen MR) is 71.2 cm³/mol. The molecule has 2 saturated carbocycles. The highest BCUT2D eigenvalue weighted by molar-refractivity contribution is 6.20. The SMILES string of the molecule is CCC1(C(=O)NCC2CCC(Cl)C2)CCCC1. The smallest absolute Gasteiger partial charge is 0.226 e. The van der Waals surface area contributed by atoms with Crippen molar-refractivity contribution >= 4 is 17.5 Å². The van der Waals surface area contributed by atoms with Gasteiger partial charge in [0.1, 0.15) is 0 Å². The number of amides is 1. The van der Waals surface area contributed by atoms with E-state index in [-0.39, 0.29) is 5.41 Å². The Kier molecular flexibility index (Phi) is 4.35. The summed E-state index contributed by atoms with van der Waals surface area (Å²) in [6, 6.07) is 0. The molecule has 0 saturated heterocycles. The van der Waals surface area contributed by atoms with Crippen LogP contribution < -0.4 is 5.32 Å². The minimum Gasteiger partial charge on any atom is -0.355 e. The average molecular weight is 258 g/mol. The molecule has 0 aromatic carbocycles. The Bertz CT molecular complexity index is 273. The molecule has 0 heterocycles. The fraction of sp³-hybridized carbons (Fsp3) is 0.929. The van der Waals surface area contributed by atoms with Crippen LogP contribution in [0.1, 0.15) is 58.3 Å². The first-order valence-corrected chi connectivity index (χ1v) is 7.52. The molecule has 17 heavy (non-hydrogen) atoms. The molecule has 0 aliphatic heterocycles. The summed E-state index contributed by atoms with van der Waals surface area (Å²) < 4.78 is 0. The number of nitrogens with one attached hydrogen (secondary N) is 1. The van der Waals surface area contributed by atoms with E-state index in [4.69, 9.17) is 11.6 Å². The molecular formula is C14H24ClNO. The monoisotopic (exact) mass is 257 g/mol. The van der Waals surface area contributed by atoms with Gasteiger partial charge in [-0.1, -0.05) is 19.8 Å². The van der Waals surface area contributed by atoms with Gasteiger partial charge in [-0.2, -0.15) is 0 Å². The van der Waals surface area contributed by atoms with Crippen LogP contribution in [0.3, 0.4) is 0 Å². The third kappa shape index (κ3) is 2.96. The summed E-state index contributed by atoms with van der Waals surface area (Å²) >= 11 is 6.09. The van der Waals surface area contributed by atoms with Crippen molar-refractivity contribution in [2.24, 2.45) is 11.3 Å². The molecule has 1 N–H and O–H groups in total. The van der Waals surface area contributed by atoms with E-state index >= 15 is 0 Å². The van der Waals surface area contributed by atoms with E-state index in [1.807, 2.05) is 0 Å². The molecule has 98 valence electrons. The molecule has 2 unspecified atom stereocenters. The lowest BCUT2D eigenvalue weighted by Gasteiger charge is -2.26. The molecule has 0 bridgehead atoms. The lowest BCUT2D eigenvalue weighted by molar-refractivity contribution is -0.131. The van der Waals surface area contributed by atoms with Gasteiger partial charge in [0, 0.05) is 17.3 Å². The topological polar surface area (TPSA) is 29.1 Å². The van der Waals surface area contributed by atoms with Crippen LogP contribution in [-0.4, -0.2) is 17.8 Å². The molecule has 0 aromatic rings. The van der Waals surface area contributed by atoms with E-state index in [1.54, 1.807) is 0 Å². The highest BCUT2D eigenvalue weighted by Crippen LogP contribution is 2.41. The van der Waals surface area contributed by atoms with Gasteiger partial charge in [0.15, 0.2) is 0 Å². The first-order valence-electron chi connectivity index (χ1n) is 7.08. The maximum absolute atomic E-state index is 12.3. The molecule has 3 heteroatoms. The molecule has 2 aliphatic rings. The molecule has 2 rings (SSSR count). The van der Waals surface area contributed by atoms with Crippen LogP contribution in [-0.2, 0) is 4.79 Å². The van der Waals surface area contributed by atoms with E-state index in [0.717, 1.165) is 38.6 Å². The average Bonchev–Trinajstić information content (AvgIpc) is 2.95. The van der Waals surface area contributed by atoms with Crippen molar-refractivity contribution in [3.05, 3.63) is 0 Å². The number of hydrogen-bond donors (Lipinski definition) is 1. The van der Waals surface area contributed by atoms with Gasteiger partial charge in [0.2, 0.25) is 5.91 Å². The Labute approximate surface area is 109 Å². The van der Waals surface area contributed by atoms with Crippen LogP contribution in [0.25, 0.3) is 0 Å². The summed E-state index contributed by atoms with van der Waals surface area (Å²) in [5.41, 5.74) is -0.0427. The summed E-state index contributed by atoms with van der Waals surface area (Å²) in [5.74, 6) is 0.910. The van der Waals surface area contributed by atoms with E-state index in [0.29, 0.717) is 17.2 Å². The maximum atomic E-state index is 12.3. The van der Waals surface area contributed by atoms with E-state index in [2.05, 4.69) is 12.2 Å². The van der Waals surface area contributed by atoms with E-state index < -0.39 is 0 Å². The van der Waals surface area contributed by atoms with Gasteiger partial charge in [-0.25, -0.2) is 0 Å². The van der Waals surface area contributed by atoms with Crippen LogP contribution in [0.2, 0.25) is 0 Å². The maximum Gasteiger partial charge on any atom is 0.226 e. The van der Waals surface area contributed by atoms with Crippen molar-refractivity contribution in [3.8, 4) is 0 Å². The van der Waals surface area contributed by atoms with Gasteiger partial charge >= 0.3 is 0 Å². The van der Waals surface area contributed by atoms with Crippen molar-refractivity contribution in [1.29, 1.82) is 0 Å². The predicted octanol–water partition coefficient (Wildman–Crippen LogP) is 3.48. The van der Waals surface area contributed by atoms with Gasteiger partial charge < -0.3 is 5.32 Å². The minimum absolute atomic E-state index is 0.0427. The van der Waals surface area contributed by atoms with Crippen molar-refractivity contribution in [2.45, 2.75) is 63.7 Å². The molecule has 2 fully saturated rings. The van der Waals surface area contributed by atoms with Crippen LogP contribution in [0.4, 0.5) is 0 Å². The number of rotatable bonds is 4. The first-order chi connectivity index (χ1) is 8.16.